The minimum absolute atomic E-state index is 0.287. The number of likely N-dealkylation sites (tertiary alicyclic amines) is 1. The van der Waals surface area contributed by atoms with Crippen molar-refractivity contribution in [3.8, 4) is 5.75 Å². The predicted molar refractivity (Wildman–Crippen MR) is 73.8 cm³/mol. The van der Waals surface area contributed by atoms with Crippen molar-refractivity contribution in [1.82, 2.24) is 4.90 Å². The summed E-state index contributed by atoms with van der Waals surface area (Å²) in [5, 5.41) is 0. The Hall–Kier alpha value is -0.650. The van der Waals surface area contributed by atoms with Gasteiger partial charge in [-0.2, -0.15) is 0 Å². The molecule has 2 aliphatic heterocycles. The molecule has 0 amide bonds. The number of nitrogens with zero attached hydrogens (tertiary/aromatic N) is 1. The zero-order valence-electron chi connectivity index (χ0n) is 10.6. The molecule has 0 saturated carbocycles. The first-order valence-electron chi connectivity index (χ1n) is 6.60. The molecule has 0 N–H and O–H groups in total. The van der Waals surface area contributed by atoms with Gasteiger partial charge in [0.1, 0.15) is 18.2 Å². The first-order chi connectivity index (χ1) is 9.22. The van der Waals surface area contributed by atoms with E-state index in [4.69, 9.17) is 9.47 Å². The minimum Gasteiger partial charge on any atom is -0.492 e. The van der Waals surface area contributed by atoms with E-state index in [2.05, 4.69) is 20.8 Å². The summed E-state index contributed by atoms with van der Waals surface area (Å²) in [6, 6.07) is 4.86. The van der Waals surface area contributed by atoms with E-state index in [0.717, 1.165) is 32.8 Å². The molecule has 1 aromatic carbocycles. The Kier molecular flexibility index (Phi) is 4.05. The Morgan fingerprint density at radius 2 is 2.05 bits per heavy atom. The maximum atomic E-state index is 13.3. The lowest BCUT2D eigenvalue weighted by atomic mass is 10.0. The summed E-state index contributed by atoms with van der Waals surface area (Å²) in [7, 11) is 0. The quantitative estimate of drug-likeness (QED) is 0.847. The van der Waals surface area contributed by atoms with Crippen molar-refractivity contribution in [2.75, 3.05) is 39.5 Å². The summed E-state index contributed by atoms with van der Waals surface area (Å²) in [6.07, 6.45) is 0. The van der Waals surface area contributed by atoms with Crippen molar-refractivity contribution in [1.29, 1.82) is 0 Å². The number of benzene rings is 1. The zero-order chi connectivity index (χ0) is 13.2. The number of hydrogen-bond donors (Lipinski definition) is 0. The van der Waals surface area contributed by atoms with Crippen LogP contribution in [-0.2, 0) is 4.74 Å². The van der Waals surface area contributed by atoms with Gasteiger partial charge in [-0.1, -0.05) is 0 Å². The van der Waals surface area contributed by atoms with Gasteiger partial charge < -0.3 is 9.47 Å². The molecule has 0 radical (unpaired) electrons. The standard InChI is InChI=1S/C14H17BrFNO2/c15-13-2-1-12(5-14(13)16)19-4-3-17-6-10-8-18-9-11(10)7-17/h1-2,5,10-11H,3-4,6-9H2/t10-,11+. The fraction of sp³-hybridized carbons (Fsp3) is 0.571. The third kappa shape index (κ3) is 3.09. The van der Waals surface area contributed by atoms with E-state index < -0.39 is 0 Å². The van der Waals surface area contributed by atoms with E-state index in [9.17, 15) is 4.39 Å². The SMILES string of the molecule is Fc1cc(OCCN2C[C@H]3COC[C@H]3C2)ccc1Br. The number of halogens is 2. The second-order valence-electron chi connectivity index (χ2n) is 5.24. The summed E-state index contributed by atoms with van der Waals surface area (Å²) < 4.78 is 24.8. The van der Waals surface area contributed by atoms with Gasteiger partial charge in [-0.05, 0) is 28.1 Å². The van der Waals surface area contributed by atoms with E-state index in [-0.39, 0.29) is 5.82 Å². The summed E-state index contributed by atoms with van der Waals surface area (Å²) in [4.78, 5) is 2.41. The lowest BCUT2D eigenvalue weighted by Crippen LogP contribution is -2.27. The monoisotopic (exact) mass is 329 g/mol. The molecule has 5 heteroatoms. The highest BCUT2D eigenvalue weighted by Gasteiger charge is 2.36. The topological polar surface area (TPSA) is 21.7 Å². The third-order valence-electron chi connectivity index (χ3n) is 3.88. The molecule has 0 unspecified atom stereocenters. The van der Waals surface area contributed by atoms with E-state index in [1.165, 1.54) is 6.07 Å². The molecular formula is C14H17BrFNO2. The van der Waals surface area contributed by atoms with E-state index in [1.807, 2.05) is 0 Å². The van der Waals surface area contributed by atoms with Gasteiger partial charge in [0.05, 0.1) is 17.7 Å². The number of hydrogen-bond acceptors (Lipinski definition) is 3. The Balaban J connectivity index is 1.44. The van der Waals surface area contributed by atoms with Gasteiger partial charge in [0.25, 0.3) is 0 Å². The molecule has 2 fully saturated rings. The van der Waals surface area contributed by atoms with Crippen LogP contribution in [0.5, 0.6) is 5.75 Å². The van der Waals surface area contributed by atoms with Gasteiger partial charge in [0.2, 0.25) is 0 Å². The number of rotatable bonds is 4. The van der Waals surface area contributed by atoms with E-state index in [0.29, 0.717) is 28.7 Å². The van der Waals surface area contributed by atoms with Gasteiger partial charge in [-0.25, -0.2) is 4.39 Å². The molecule has 104 valence electrons. The first-order valence-corrected chi connectivity index (χ1v) is 7.39. The molecule has 0 aromatic heterocycles. The van der Waals surface area contributed by atoms with Crippen molar-refractivity contribution < 1.29 is 13.9 Å². The van der Waals surface area contributed by atoms with Crippen LogP contribution in [0.4, 0.5) is 4.39 Å². The van der Waals surface area contributed by atoms with Crippen molar-refractivity contribution in [3.05, 3.63) is 28.5 Å². The molecule has 0 aliphatic carbocycles. The summed E-state index contributed by atoms with van der Waals surface area (Å²) in [5.74, 6) is 1.70. The fourth-order valence-electron chi connectivity index (χ4n) is 2.83. The molecule has 2 heterocycles. The highest BCUT2D eigenvalue weighted by atomic mass is 79.9. The summed E-state index contributed by atoms with van der Waals surface area (Å²) in [5.41, 5.74) is 0. The molecule has 19 heavy (non-hydrogen) atoms. The van der Waals surface area contributed by atoms with Crippen molar-refractivity contribution in [2.45, 2.75) is 0 Å². The summed E-state index contributed by atoms with van der Waals surface area (Å²) >= 11 is 3.13. The van der Waals surface area contributed by atoms with E-state index in [1.54, 1.807) is 12.1 Å². The number of ether oxygens (including phenoxy) is 2. The molecule has 2 saturated heterocycles. The maximum absolute atomic E-state index is 13.3. The Morgan fingerprint density at radius 1 is 1.32 bits per heavy atom. The second kappa shape index (κ2) is 5.77. The second-order valence-corrected chi connectivity index (χ2v) is 6.10. The minimum atomic E-state index is -0.287. The lowest BCUT2D eigenvalue weighted by Gasteiger charge is -2.17. The van der Waals surface area contributed by atoms with Crippen LogP contribution in [0.1, 0.15) is 0 Å². The van der Waals surface area contributed by atoms with Crippen LogP contribution >= 0.6 is 15.9 Å². The lowest BCUT2D eigenvalue weighted by molar-refractivity contribution is 0.147. The Labute approximate surface area is 120 Å². The van der Waals surface area contributed by atoms with Crippen LogP contribution in [0.3, 0.4) is 0 Å². The average Bonchev–Trinajstić information content (AvgIpc) is 2.94. The highest BCUT2D eigenvalue weighted by Crippen LogP contribution is 2.28. The molecular weight excluding hydrogens is 313 g/mol. The Bertz CT molecular complexity index is 445. The van der Waals surface area contributed by atoms with Crippen LogP contribution < -0.4 is 4.74 Å². The van der Waals surface area contributed by atoms with Gasteiger partial charge in [0.15, 0.2) is 0 Å². The van der Waals surface area contributed by atoms with Crippen LogP contribution in [0.2, 0.25) is 0 Å². The molecule has 1 aromatic rings. The molecule has 0 spiro atoms. The van der Waals surface area contributed by atoms with Crippen molar-refractivity contribution in [2.24, 2.45) is 11.8 Å². The van der Waals surface area contributed by atoms with Gasteiger partial charge >= 0.3 is 0 Å². The summed E-state index contributed by atoms with van der Waals surface area (Å²) in [6.45, 7) is 5.50. The van der Waals surface area contributed by atoms with Crippen LogP contribution in [-0.4, -0.2) is 44.4 Å². The van der Waals surface area contributed by atoms with Gasteiger partial charge in [0, 0.05) is 37.5 Å². The first kappa shape index (κ1) is 13.3. The van der Waals surface area contributed by atoms with Crippen molar-refractivity contribution in [3.63, 3.8) is 0 Å². The maximum Gasteiger partial charge on any atom is 0.141 e. The average molecular weight is 330 g/mol. The van der Waals surface area contributed by atoms with Crippen LogP contribution in [0.15, 0.2) is 22.7 Å². The van der Waals surface area contributed by atoms with Crippen molar-refractivity contribution >= 4 is 15.9 Å². The largest absolute Gasteiger partial charge is 0.492 e. The normalized spacial score (nSPS) is 26.6. The van der Waals surface area contributed by atoms with Crippen LogP contribution in [0, 0.1) is 17.7 Å². The fourth-order valence-corrected chi connectivity index (χ4v) is 3.07. The predicted octanol–water partition coefficient (Wildman–Crippen LogP) is 2.55. The van der Waals surface area contributed by atoms with Gasteiger partial charge in [-0.15, -0.1) is 0 Å². The highest BCUT2D eigenvalue weighted by molar-refractivity contribution is 9.10. The van der Waals surface area contributed by atoms with Gasteiger partial charge in [-0.3, -0.25) is 4.90 Å². The molecule has 2 aliphatic rings. The smallest absolute Gasteiger partial charge is 0.141 e. The van der Waals surface area contributed by atoms with E-state index >= 15 is 0 Å². The zero-order valence-corrected chi connectivity index (χ0v) is 12.2. The molecule has 3 rings (SSSR count). The number of fused-ring (bicyclic) bond motifs is 1. The van der Waals surface area contributed by atoms with Crippen LogP contribution in [0.25, 0.3) is 0 Å². The molecule has 2 atom stereocenters. The Morgan fingerprint density at radius 3 is 2.74 bits per heavy atom. The third-order valence-corrected chi connectivity index (χ3v) is 4.53. The molecule has 0 bridgehead atoms. The molecule has 3 nitrogen and oxygen atoms in total.